The number of carbonyl (C=O) groups excluding carboxylic acids is 1. The zero-order chi connectivity index (χ0) is 20.7. The molecule has 0 saturated carbocycles. The Morgan fingerprint density at radius 3 is 2.41 bits per heavy atom. The number of hydrogen-bond acceptors (Lipinski definition) is 5. The van der Waals surface area contributed by atoms with Crippen LogP contribution < -0.4 is 4.74 Å². The third-order valence-corrected chi connectivity index (χ3v) is 7.02. The van der Waals surface area contributed by atoms with Crippen molar-refractivity contribution >= 4 is 15.7 Å². The number of hydrogen-bond donors (Lipinski definition) is 0. The zero-order valence-electron chi connectivity index (χ0n) is 16.8. The van der Waals surface area contributed by atoms with Gasteiger partial charge in [0.25, 0.3) is 0 Å². The van der Waals surface area contributed by atoms with Gasteiger partial charge in [0.05, 0.1) is 24.2 Å². The molecule has 1 aliphatic rings. The quantitative estimate of drug-likeness (QED) is 0.660. The van der Waals surface area contributed by atoms with Crippen molar-refractivity contribution < 1.29 is 17.9 Å². The van der Waals surface area contributed by atoms with Crippen LogP contribution in [-0.2, 0) is 21.1 Å². The predicted molar refractivity (Wildman–Crippen MR) is 113 cm³/mol. The Morgan fingerprint density at radius 1 is 1.00 bits per heavy atom. The summed E-state index contributed by atoms with van der Waals surface area (Å²) in [6.07, 6.45) is 0.960. The van der Waals surface area contributed by atoms with E-state index in [0.29, 0.717) is 30.8 Å². The molecule has 1 aliphatic heterocycles. The van der Waals surface area contributed by atoms with Crippen molar-refractivity contribution in [1.82, 2.24) is 9.80 Å². The van der Waals surface area contributed by atoms with Crippen LogP contribution in [0.4, 0.5) is 0 Å². The Hall–Kier alpha value is -2.38. The predicted octanol–water partition coefficient (Wildman–Crippen LogP) is 2.25. The molecular formula is C22H28N2O4S. The number of benzene rings is 2. The molecule has 29 heavy (non-hydrogen) atoms. The van der Waals surface area contributed by atoms with Gasteiger partial charge in [0.15, 0.2) is 9.84 Å². The summed E-state index contributed by atoms with van der Waals surface area (Å²) >= 11 is 0. The number of carbonyl (C=O) groups is 1. The second-order valence-corrected chi connectivity index (χ2v) is 9.35. The maximum Gasteiger partial charge on any atom is 0.227 e. The van der Waals surface area contributed by atoms with E-state index in [1.165, 1.54) is 0 Å². The fourth-order valence-electron chi connectivity index (χ4n) is 3.51. The molecule has 0 atom stereocenters. The first kappa shape index (κ1) is 21.3. The lowest BCUT2D eigenvalue weighted by Gasteiger charge is -2.34. The molecule has 7 heteroatoms. The standard InChI is InChI=1S/C22H28N2O4S/c1-28-20-8-5-7-19(17-20)18-22(25)24-14-12-23(13-15-24)11-6-16-29(26,27)21-9-3-2-4-10-21/h2-5,7-10,17H,6,11-16,18H2,1H3. The molecule has 1 fully saturated rings. The Kier molecular flexibility index (Phi) is 7.28. The molecule has 0 N–H and O–H groups in total. The van der Waals surface area contributed by atoms with Gasteiger partial charge in [0, 0.05) is 26.2 Å². The van der Waals surface area contributed by atoms with Crippen molar-refractivity contribution in [2.75, 3.05) is 45.6 Å². The topological polar surface area (TPSA) is 66.9 Å². The van der Waals surface area contributed by atoms with Crippen LogP contribution in [0.2, 0.25) is 0 Å². The van der Waals surface area contributed by atoms with Crippen LogP contribution in [0.25, 0.3) is 0 Å². The zero-order valence-corrected chi connectivity index (χ0v) is 17.6. The Bertz CT molecular complexity index is 907. The number of sulfone groups is 1. The molecule has 6 nitrogen and oxygen atoms in total. The van der Waals surface area contributed by atoms with Crippen molar-refractivity contribution in [3.8, 4) is 5.75 Å². The highest BCUT2D eigenvalue weighted by atomic mass is 32.2. The summed E-state index contributed by atoms with van der Waals surface area (Å²) in [4.78, 5) is 17.1. The summed E-state index contributed by atoms with van der Waals surface area (Å²) in [5.41, 5.74) is 0.947. The van der Waals surface area contributed by atoms with E-state index in [0.717, 1.165) is 30.9 Å². The highest BCUT2D eigenvalue weighted by Gasteiger charge is 2.22. The lowest BCUT2D eigenvalue weighted by atomic mass is 10.1. The van der Waals surface area contributed by atoms with Crippen LogP contribution in [0.15, 0.2) is 59.5 Å². The van der Waals surface area contributed by atoms with Crippen LogP contribution in [-0.4, -0.2) is 69.7 Å². The smallest absolute Gasteiger partial charge is 0.227 e. The summed E-state index contributed by atoms with van der Waals surface area (Å²) in [7, 11) is -1.61. The minimum atomic E-state index is -3.23. The van der Waals surface area contributed by atoms with E-state index >= 15 is 0 Å². The van der Waals surface area contributed by atoms with E-state index in [4.69, 9.17) is 4.74 Å². The van der Waals surface area contributed by atoms with Crippen LogP contribution in [0.5, 0.6) is 5.75 Å². The average molecular weight is 417 g/mol. The van der Waals surface area contributed by atoms with Crippen LogP contribution >= 0.6 is 0 Å². The van der Waals surface area contributed by atoms with Gasteiger partial charge in [0.2, 0.25) is 5.91 Å². The molecule has 156 valence electrons. The highest BCUT2D eigenvalue weighted by Crippen LogP contribution is 2.15. The van der Waals surface area contributed by atoms with Crippen molar-refractivity contribution in [2.45, 2.75) is 17.7 Å². The number of ether oxygens (including phenoxy) is 1. The monoisotopic (exact) mass is 416 g/mol. The minimum absolute atomic E-state index is 0.115. The van der Waals surface area contributed by atoms with Crippen molar-refractivity contribution in [2.24, 2.45) is 0 Å². The average Bonchev–Trinajstić information content (AvgIpc) is 2.75. The van der Waals surface area contributed by atoms with Crippen molar-refractivity contribution in [1.29, 1.82) is 0 Å². The van der Waals surface area contributed by atoms with E-state index in [-0.39, 0.29) is 11.7 Å². The van der Waals surface area contributed by atoms with E-state index in [1.807, 2.05) is 35.2 Å². The number of piperazine rings is 1. The van der Waals surface area contributed by atoms with Crippen LogP contribution in [0.1, 0.15) is 12.0 Å². The highest BCUT2D eigenvalue weighted by molar-refractivity contribution is 7.91. The summed E-state index contributed by atoms with van der Waals surface area (Å²) in [6, 6.07) is 16.2. The third-order valence-electron chi connectivity index (χ3n) is 5.20. The molecule has 0 radical (unpaired) electrons. The van der Waals surface area contributed by atoms with Crippen molar-refractivity contribution in [3.63, 3.8) is 0 Å². The van der Waals surface area contributed by atoms with Gasteiger partial charge in [-0.05, 0) is 42.8 Å². The molecule has 0 spiro atoms. The molecule has 0 bridgehead atoms. The van der Waals surface area contributed by atoms with Gasteiger partial charge in [0.1, 0.15) is 5.75 Å². The van der Waals surface area contributed by atoms with Gasteiger partial charge in [-0.25, -0.2) is 8.42 Å². The number of rotatable bonds is 8. The maximum atomic E-state index is 12.6. The lowest BCUT2D eigenvalue weighted by molar-refractivity contribution is -0.132. The first-order valence-corrected chi connectivity index (χ1v) is 11.5. The van der Waals surface area contributed by atoms with Gasteiger partial charge in [-0.1, -0.05) is 30.3 Å². The number of amides is 1. The van der Waals surface area contributed by atoms with Crippen LogP contribution in [0, 0.1) is 0 Å². The molecule has 0 aromatic heterocycles. The van der Waals surface area contributed by atoms with Crippen LogP contribution in [0.3, 0.4) is 0 Å². The normalized spacial score (nSPS) is 15.3. The summed E-state index contributed by atoms with van der Waals surface area (Å²) < 4.78 is 29.9. The third kappa shape index (κ3) is 6.05. The lowest BCUT2D eigenvalue weighted by Crippen LogP contribution is -2.49. The summed E-state index contributed by atoms with van der Waals surface area (Å²) in [5, 5.41) is 0. The first-order valence-electron chi connectivity index (χ1n) is 9.89. The number of methoxy groups -OCH3 is 1. The molecule has 2 aromatic carbocycles. The second-order valence-electron chi connectivity index (χ2n) is 7.24. The molecular weight excluding hydrogens is 388 g/mol. The fraction of sp³-hybridized carbons (Fsp3) is 0.409. The maximum absolute atomic E-state index is 12.6. The second kappa shape index (κ2) is 9.89. The first-order chi connectivity index (χ1) is 14.0. The van der Waals surface area contributed by atoms with Gasteiger partial charge < -0.3 is 9.64 Å². The SMILES string of the molecule is COc1cccc(CC(=O)N2CCN(CCCS(=O)(=O)c3ccccc3)CC2)c1. The molecule has 0 aliphatic carbocycles. The number of nitrogens with zero attached hydrogens (tertiary/aromatic N) is 2. The Labute approximate surface area is 173 Å². The van der Waals surface area contributed by atoms with Gasteiger partial charge >= 0.3 is 0 Å². The van der Waals surface area contributed by atoms with E-state index < -0.39 is 9.84 Å². The van der Waals surface area contributed by atoms with E-state index in [2.05, 4.69) is 4.90 Å². The molecule has 0 unspecified atom stereocenters. The van der Waals surface area contributed by atoms with Gasteiger partial charge in [-0.3, -0.25) is 9.69 Å². The molecule has 1 saturated heterocycles. The minimum Gasteiger partial charge on any atom is -0.497 e. The van der Waals surface area contributed by atoms with Gasteiger partial charge in [-0.2, -0.15) is 0 Å². The van der Waals surface area contributed by atoms with E-state index in [9.17, 15) is 13.2 Å². The van der Waals surface area contributed by atoms with Gasteiger partial charge in [-0.15, -0.1) is 0 Å². The molecule has 1 amide bonds. The Balaban J connectivity index is 1.41. The summed E-state index contributed by atoms with van der Waals surface area (Å²) in [5.74, 6) is 1.02. The van der Waals surface area contributed by atoms with E-state index in [1.54, 1.807) is 31.4 Å². The molecule has 1 heterocycles. The summed E-state index contributed by atoms with van der Waals surface area (Å²) in [6.45, 7) is 3.62. The molecule has 2 aromatic rings. The van der Waals surface area contributed by atoms with Crippen molar-refractivity contribution in [3.05, 3.63) is 60.2 Å². The molecule has 3 rings (SSSR count). The largest absolute Gasteiger partial charge is 0.497 e. The Morgan fingerprint density at radius 2 is 1.72 bits per heavy atom. The fourth-order valence-corrected chi connectivity index (χ4v) is 4.83.